The van der Waals surface area contributed by atoms with E-state index in [2.05, 4.69) is 15.9 Å². The molecule has 1 aliphatic rings. The van der Waals surface area contributed by atoms with Crippen molar-refractivity contribution in [3.63, 3.8) is 0 Å². The molecule has 0 aliphatic carbocycles. The molecule has 1 fully saturated rings. The summed E-state index contributed by atoms with van der Waals surface area (Å²) < 4.78 is 24.7. The van der Waals surface area contributed by atoms with Crippen LogP contribution in [-0.4, -0.2) is 19.5 Å². The Hall–Kier alpha value is -0.710. The monoisotopic (exact) mass is 286 g/mol. The van der Waals surface area contributed by atoms with Crippen LogP contribution in [-0.2, 0) is 9.47 Å². The molecule has 0 saturated carbocycles. The van der Waals surface area contributed by atoms with Crippen molar-refractivity contribution in [1.82, 2.24) is 0 Å². The lowest BCUT2D eigenvalue weighted by Crippen LogP contribution is -2.04. The molecule has 1 aliphatic heterocycles. The normalized spacial score (nSPS) is 17.4. The summed E-state index contributed by atoms with van der Waals surface area (Å²) in [6, 6.07) is 4.99. The Balaban J connectivity index is 1.94. The number of benzene rings is 1. The highest BCUT2D eigenvalue weighted by molar-refractivity contribution is 9.10. The molecule has 0 radical (unpaired) electrons. The predicted molar refractivity (Wildman–Crippen MR) is 63.4 cm³/mol. The molecular weight excluding hydrogens is 275 g/mol. The van der Waals surface area contributed by atoms with E-state index in [9.17, 15) is 4.39 Å². The van der Waals surface area contributed by atoms with Gasteiger partial charge in [-0.25, -0.2) is 4.39 Å². The van der Waals surface area contributed by atoms with E-state index in [1.54, 1.807) is 12.1 Å². The molecule has 2 rings (SSSR count). The minimum atomic E-state index is -0.237. The molecule has 2 nitrogen and oxygen atoms in total. The topological polar surface area (TPSA) is 18.5 Å². The van der Waals surface area contributed by atoms with Gasteiger partial charge in [0.25, 0.3) is 0 Å². The van der Waals surface area contributed by atoms with Gasteiger partial charge in [-0.1, -0.05) is 34.1 Å². The van der Waals surface area contributed by atoms with E-state index in [1.807, 2.05) is 12.1 Å². The summed E-state index contributed by atoms with van der Waals surface area (Å²) in [6.45, 7) is 1.29. The third kappa shape index (κ3) is 3.14. The average molecular weight is 287 g/mol. The Morgan fingerprint density at radius 3 is 2.81 bits per heavy atom. The van der Waals surface area contributed by atoms with Gasteiger partial charge in [0.1, 0.15) is 5.82 Å². The van der Waals surface area contributed by atoms with E-state index in [-0.39, 0.29) is 12.1 Å². The maximum absolute atomic E-state index is 13.4. The van der Waals surface area contributed by atoms with Crippen LogP contribution in [0.1, 0.15) is 12.0 Å². The lowest BCUT2D eigenvalue weighted by atomic mass is 10.2. The van der Waals surface area contributed by atoms with Gasteiger partial charge >= 0.3 is 0 Å². The van der Waals surface area contributed by atoms with Crippen LogP contribution >= 0.6 is 15.9 Å². The van der Waals surface area contributed by atoms with Crippen molar-refractivity contribution in [3.8, 4) is 0 Å². The van der Waals surface area contributed by atoms with Gasteiger partial charge in [-0.05, 0) is 12.1 Å². The van der Waals surface area contributed by atoms with Crippen LogP contribution in [0.3, 0.4) is 0 Å². The highest BCUT2D eigenvalue weighted by Crippen LogP contribution is 2.17. The summed E-state index contributed by atoms with van der Waals surface area (Å²) in [4.78, 5) is 0. The second-order valence-electron chi connectivity index (χ2n) is 3.48. The molecule has 0 amide bonds. The fourth-order valence-electron chi connectivity index (χ4n) is 1.49. The lowest BCUT2D eigenvalue weighted by molar-refractivity contribution is -0.0379. The van der Waals surface area contributed by atoms with Crippen molar-refractivity contribution in [3.05, 3.63) is 40.1 Å². The molecule has 0 N–H and O–H groups in total. The van der Waals surface area contributed by atoms with Crippen LogP contribution < -0.4 is 0 Å². The lowest BCUT2D eigenvalue weighted by Gasteiger charge is -2.04. The second kappa shape index (κ2) is 5.57. The molecular formula is C12H12BrFO2. The first kappa shape index (κ1) is 11.8. The Morgan fingerprint density at radius 1 is 1.38 bits per heavy atom. The average Bonchev–Trinajstić information content (AvgIpc) is 2.74. The fraction of sp³-hybridized carbons (Fsp3) is 0.333. The molecule has 86 valence electrons. The summed E-state index contributed by atoms with van der Waals surface area (Å²) in [5.41, 5.74) is 0.571. The largest absolute Gasteiger partial charge is 0.350 e. The van der Waals surface area contributed by atoms with Crippen LogP contribution in [0.25, 0.3) is 6.08 Å². The molecule has 1 aromatic carbocycles. The highest BCUT2D eigenvalue weighted by atomic mass is 79.9. The molecule has 0 spiro atoms. The standard InChI is InChI=1S/C12H12BrFO2/c13-10-5-4-9(11(14)8-10)2-1-3-12-15-6-7-16-12/h1-2,4-5,8,12H,3,6-7H2. The molecule has 16 heavy (non-hydrogen) atoms. The van der Waals surface area contributed by atoms with E-state index in [0.717, 1.165) is 4.47 Å². The summed E-state index contributed by atoms with van der Waals surface area (Å²) in [5.74, 6) is -0.237. The maximum atomic E-state index is 13.4. The summed E-state index contributed by atoms with van der Waals surface area (Å²) >= 11 is 3.21. The van der Waals surface area contributed by atoms with Gasteiger partial charge in [-0.15, -0.1) is 0 Å². The van der Waals surface area contributed by atoms with E-state index in [1.165, 1.54) is 6.07 Å². The van der Waals surface area contributed by atoms with Gasteiger partial charge in [-0.2, -0.15) is 0 Å². The SMILES string of the molecule is Fc1cc(Br)ccc1C=CCC1OCCO1. The van der Waals surface area contributed by atoms with Crippen LogP contribution in [0, 0.1) is 5.82 Å². The Bertz CT molecular complexity index is 387. The van der Waals surface area contributed by atoms with Gasteiger partial charge in [0.15, 0.2) is 6.29 Å². The maximum Gasteiger partial charge on any atom is 0.161 e. The van der Waals surface area contributed by atoms with Crippen molar-refractivity contribution in [1.29, 1.82) is 0 Å². The van der Waals surface area contributed by atoms with Crippen LogP contribution in [0.15, 0.2) is 28.7 Å². The van der Waals surface area contributed by atoms with Gasteiger partial charge in [0, 0.05) is 16.5 Å². The van der Waals surface area contributed by atoms with Crippen LogP contribution in [0.4, 0.5) is 4.39 Å². The first-order valence-electron chi connectivity index (χ1n) is 5.10. The van der Waals surface area contributed by atoms with Crippen molar-refractivity contribution in [2.45, 2.75) is 12.7 Å². The smallest absolute Gasteiger partial charge is 0.161 e. The molecule has 1 saturated heterocycles. The van der Waals surface area contributed by atoms with Crippen molar-refractivity contribution in [2.75, 3.05) is 13.2 Å². The van der Waals surface area contributed by atoms with Crippen molar-refractivity contribution in [2.24, 2.45) is 0 Å². The zero-order valence-electron chi connectivity index (χ0n) is 8.66. The van der Waals surface area contributed by atoms with Gasteiger partial charge in [0.2, 0.25) is 0 Å². The molecule has 0 bridgehead atoms. The highest BCUT2D eigenvalue weighted by Gasteiger charge is 2.13. The third-order valence-corrected chi connectivity index (χ3v) is 2.77. The molecule has 0 atom stereocenters. The summed E-state index contributed by atoms with van der Waals surface area (Å²) in [5, 5.41) is 0. The van der Waals surface area contributed by atoms with Crippen molar-refractivity contribution < 1.29 is 13.9 Å². The molecule has 1 heterocycles. The third-order valence-electron chi connectivity index (χ3n) is 2.28. The molecule has 0 unspecified atom stereocenters. The van der Waals surface area contributed by atoms with E-state index in [4.69, 9.17) is 9.47 Å². The number of halogens is 2. The second-order valence-corrected chi connectivity index (χ2v) is 4.39. The Kier molecular flexibility index (Phi) is 4.09. The minimum Gasteiger partial charge on any atom is -0.350 e. The van der Waals surface area contributed by atoms with Crippen LogP contribution in [0.5, 0.6) is 0 Å². The predicted octanol–water partition coefficient (Wildman–Crippen LogP) is 3.36. The molecule has 1 aromatic rings. The Labute approximate surface area is 102 Å². The summed E-state index contributed by atoms with van der Waals surface area (Å²) in [6.07, 6.45) is 4.08. The van der Waals surface area contributed by atoms with E-state index in [0.29, 0.717) is 25.2 Å². The zero-order valence-corrected chi connectivity index (χ0v) is 10.2. The number of rotatable bonds is 3. The number of hydrogen-bond donors (Lipinski definition) is 0. The molecule has 0 aromatic heterocycles. The first-order chi connectivity index (χ1) is 7.75. The number of ether oxygens (including phenoxy) is 2. The summed E-state index contributed by atoms with van der Waals surface area (Å²) in [7, 11) is 0. The van der Waals surface area contributed by atoms with Gasteiger partial charge < -0.3 is 9.47 Å². The van der Waals surface area contributed by atoms with Crippen molar-refractivity contribution >= 4 is 22.0 Å². The minimum absolute atomic E-state index is 0.172. The number of hydrogen-bond acceptors (Lipinski definition) is 2. The van der Waals surface area contributed by atoms with Crippen LogP contribution in [0.2, 0.25) is 0 Å². The first-order valence-corrected chi connectivity index (χ1v) is 5.90. The van der Waals surface area contributed by atoms with E-state index < -0.39 is 0 Å². The Morgan fingerprint density at radius 2 is 2.12 bits per heavy atom. The fourth-order valence-corrected chi connectivity index (χ4v) is 1.82. The molecule has 4 heteroatoms. The van der Waals surface area contributed by atoms with E-state index >= 15 is 0 Å². The zero-order chi connectivity index (χ0) is 11.4. The van der Waals surface area contributed by atoms with Gasteiger partial charge in [-0.3, -0.25) is 0 Å². The quantitative estimate of drug-likeness (QED) is 0.848. The van der Waals surface area contributed by atoms with Gasteiger partial charge in [0.05, 0.1) is 13.2 Å².